The van der Waals surface area contributed by atoms with Crippen LogP contribution < -0.4 is 10.6 Å². The number of amides is 1. The van der Waals surface area contributed by atoms with E-state index in [4.69, 9.17) is 0 Å². The second kappa shape index (κ2) is 7.53. The fourth-order valence-electron chi connectivity index (χ4n) is 2.35. The number of aromatic nitrogens is 2. The van der Waals surface area contributed by atoms with Crippen LogP contribution in [0.3, 0.4) is 0 Å². The summed E-state index contributed by atoms with van der Waals surface area (Å²) in [7, 11) is 0. The van der Waals surface area contributed by atoms with Crippen LogP contribution in [0.2, 0.25) is 0 Å². The average molecular weight is 336 g/mol. The highest BCUT2D eigenvalue weighted by molar-refractivity contribution is 5.95. The molecule has 2 N–H and O–H groups in total. The van der Waals surface area contributed by atoms with Gasteiger partial charge in [-0.25, -0.2) is 14.4 Å². The Balaban J connectivity index is 1.69. The van der Waals surface area contributed by atoms with E-state index < -0.39 is 0 Å². The summed E-state index contributed by atoms with van der Waals surface area (Å²) in [6.07, 6.45) is 3.27. The molecule has 0 aliphatic rings. The molecule has 0 bridgehead atoms. The number of carbonyl (C=O) groups excluding carboxylic acids is 1. The minimum atomic E-state index is -0.302. The molecule has 25 heavy (non-hydrogen) atoms. The average Bonchev–Trinajstić information content (AvgIpc) is 2.63. The molecule has 1 amide bonds. The van der Waals surface area contributed by atoms with Gasteiger partial charge in [0.05, 0.1) is 6.04 Å². The minimum Gasteiger partial charge on any atom is -0.346 e. The summed E-state index contributed by atoms with van der Waals surface area (Å²) in [6.45, 7) is 1.85. The minimum absolute atomic E-state index is 0.213. The third-order valence-corrected chi connectivity index (χ3v) is 3.66. The Labute approximate surface area is 145 Å². The molecule has 0 aliphatic heterocycles. The van der Waals surface area contributed by atoms with Gasteiger partial charge in [0.1, 0.15) is 5.82 Å². The molecule has 0 aliphatic carbocycles. The van der Waals surface area contributed by atoms with Crippen molar-refractivity contribution >= 4 is 17.5 Å². The lowest BCUT2D eigenvalue weighted by atomic mass is 10.1. The quantitative estimate of drug-likeness (QED) is 0.743. The number of nitrogens with one attached hydrogen (secondary N) is 2. The summed E-state index contributed by atoms with van der Waals surface area (Å²) < 4.78 is 13.0. The zero-order valence-electron chi connectivity index (χ0n) is 13.6. The SMILES string of the molecule is C[C@@H](NC(=O)c1cccc(Nc2ncccn2)c1)c1ccc(F)cc1. The van der Waals surface area contributed by atoms with E-state index in [0.29, 0.717) is 17.2 Å². The Kier molecular flexibility index (Phi) is 4.99. The third kappa shape index (κ3) is 4.38. The third-order valence-electron chi connectivity index (χ3n) is 3.66. The molecule has 0 fully saturated rings. The maximum Gasteiger partial charge on any atom is 0.251 e. The van der Waals surface area contributed by atoms with E-state index in [-0.39, 0.29) is 17.8 Å². The maximum absolute atomic E-state index is 13.0. The first-order valence-corrected chi connectivity index (χ1v) is 7.82. The van der Waals surface area contributed by atoms with Crippen molar-refractivity contribution in [2.75, 3.05) is 5.32 Å². The lowest BCUT2D eigenvalue weighted by molar-refractivity contribution is 0.0940. The van der Waals surface area contributed by atoms with E-state index in [1.54, 1.807) is 48.8 Å². The van der Waals surface area contributed by atoms with E-state index in [1.165, 1.54) is 12.1 Å². The molecule has 2 aromatic carbocycles. The van der Waals surface area contributed by atoms with Crippen LogP contribution in [0.1, 0.15) is 28.9 Å². The van der Waals surface area contributed by atoms with Gasteiger partial charge < -0.3 is 10.6 Å². The van der Waals surface area contributed by atoms with Gasteiger partial charge in [0, 0.05) is 23.6 Å². The first-order chi connectivity index (χ1) is 12.1. The van der Waals surface area contributed by atoms with Gasteiger partial charge in [-0.3, -0.25) is 4.79 Å². The molecule has 6 heteroatoms. The Morgan fingerprint density at radius 2 is 1.76 bits per heavy atom. The molecule has 3 rings (SSSR count). The van der Waals surface area contributed by atoms with Crippen LogP contribution in [-0.4, -0.2) is 15.9 Å². The maximum atomic E-state index is 13.0. The molecule has 0 saturated carbocycles. The molecular formula is C19H17FN4O. The fourth-order valence-corrected chi connectivity index (χ4v) is 2.35. The standard InChI is InChI=1S/C19H17FN4O/c1-13(14-6-8-16(20)9-7-14)23-18(25)15-4-2-5-17(12-15)24-19-21-10-3-11-22-19/h2-13H,1H3,(H,23,25)(H,21,22,24)/t13-/m1/s1. The summed E-state index contributed by atoms with van der Waals surface area (Å²) in [5, 5.41) is 5.95. The normalized spacial score (nSPS) is 11.6. The fraction of sp³-hybridized carbons (Fsp3) is 0.105. The topological polar surface area (TPSA) is 66.9 Å². The van der Waals surface area contributed by atoms with Gasteiger partial charge in [0.25, 0.3) is 5.91 Å². The van der Waals surface area contributed by atoms with Crippen LogP contribution in [0.25, 0.3) is 0 Å². The highest BCUT2D eigenvalue weighted by Crippen LogP contribution is 2.17. The number of rotatable bonds is 5. The highest BCUT2D eigenvalue weighted by Gasteiger charge is 2.12. The van der Waals surface area contributed by atoms with Crippen molar-refractivity contribution < 1.29 is 9.18 Å². The monoisotopic (exact) mass is 336 g/mol. The molecular weight excluding hydrogens is 319 g/mol. The summed E-state index contributed by atoms with van der Waals surface area (Å²) in [5.74, 6) is -0.0571. The Hall–Kier alpha value is -3.28. The van der Waals surface area contributed by atoms with Crippen molar-refractivity contribution in [3.8, 4) is 0 Å². The Morgan fingerprint density at radius 3 is 2.48 bits per heavy atom. The van der Waals surface area contributed by atoms with Gasteiger partial charge >= 0.3 is 0 Å². The predicted molar refractivity (Wildman–Crippen MR) is 94.0 cm³/mol. The van der Waals surface area contributed by atoms with Crippen LogP contribution in [-0.2, 0) is 0 Å². The molecule has 5 nitrogen and oxygen atoms in total. The van der Waals surface area contributed by atoms with E-state index in [1.807, 2.05) is 13.0 Å². The van der Waals surface area contributed by atoms with Crippen molar-refractivity contribution in [1.29, 1.82) is 0 Å². The van der Waals surface area contributed by atoms with Gasteiger partial charge in [0.2, 0.25) is 5.95 Å². The van der Waals surface area contributed by atoms with Crippen LogP contribution in [0.15, 0.2) is 67.0 Å². The van der Waals surface area contributed by atoms with Crippen molar-refractivity contribution in [2.24, 2.45) is 0 Å². The van der Waals surface area contributed by atoms with Crippen LogP contribution in [0.5, 0.6) is 0 Å². The first-order valence-electron chi connectivity index (χ1n) is 7.82. The second-order valence-corrected chi connectivity index (χ2v) is 5.52. The van der Waals surface area contributed by atoms with Gasteiger partial charge in [-0.1, -0.05) is 18.2 Å². The van der Waals surface area contributed by atoms with Gasteiger partial charge in [-0.05, 0) is 48.9 Å². The number of hydrogen-bond acceptors (Lipinski definition) is 4. The lowest BCUT2D eigenvalue weighted by Gasteiger charge is -2.15. The van der Waals surface area contributed by atoms with Crippen LogP contribution in [0, 0.1) is 5.82 Å². The number of halogens is 1. The Bertz CT molecular complexity index is 853. The van der Waals surface area contributed by atoms with Gasteiger partial charge in [0.15, 0.2) is 0 Å². The molecule has 0 saturated heterocycles. The smallest absolute Gasteiger partial charge is 0.251 e. The summed E-state index contributed by atoms with van der Waals surface area (Å²) >= 11 is 0. The van der Waals surface area contributed by atoms with Crippen molar-refractivity contribution in [3.63, 3.8) is 0 Å². The molecule has 0 unspecified atom stereocenters. The molecule has 0 spiro atoms. The summed E-state index contributed by atoms with van der Waals surface area (Å²) in [4.78, 5) is 20.6. The van der Waals surface area contributed by atoms with Gasteiger partial charge in [-0.15, -0.1) is 0 Å². The number of hydrogen-bond donors (Lipinski definition) is 2. The molecule has 1 aromatic heterocycles. The van der Waals surface area contributed by atoms with E-state index in [0.717, 1.165) is 5.56 Å². The van der Waals surface area contributed by atoms with E-state index >= 15 is 0 Å². The number of anilines is 2. The molecule has 1 heterocycles. The summed E-state index contributed by atoms with van der Waals surface area (Å²) in [5.41, 5.74) is 2.06. The second-order valence-electron chi connectivity index (χ2n) is 5.52. The van der Waals surface area contributed by atoms with Gasteiger partial charge in [-0.2, -0.15) is 0 Å². The van der Waals surface area contributed by atoms with Crippen molar-refractivity contribution in [2.45, 2.75) is 13.0 Å². The van der Waals surface area contributed by atoms with Crippen LogP contribution >= 0.6 is 0 Å². The number of nitrogens with zero attached hydrogens (tertiary/aromatic N) is 2. The predicted octanol–water partition coefficient (Wildman–Crippen LogP) is 3.85. The van der Waals surface area contributed by atoms with Crippen molar-refractivity contribution in [1.82, 2.24) is 15.3 Å². The lowest BCUT2D eigenvalue weighted by Crippen LogP contribution is -2.26. The molecule has 3 aromatic rings. The summed E-state index contributed by atoms with van der Waals surface area (Å²) in [6, 6.07) is 14.6. The van der Waals surface area contributed by atoms with Crippen LogP contribution in [0.4, 0.5) is 16.0 Å². The zero-order valence-corrected chi connectivity index (χ0v) is 13.6. The number of benzene rings is 2. The zero-order chi connectivity index (χ0) is 17.6. The van der Waals surface area contributed by atoms with Crippen molar-refractivity contribution in [3.05, 3.63) is 83.9 Å². The number of carbonyl (C=O) groups is 1. The molecule has 1 atom stereocenters. The van der Waals surface area contributed by atoms with E-state index in [2.05, 4.69) is 20.6 Å². The highest BCUT2D eigenvalue weighted by atomic mass is 19.1. The first kappa shape index (κ1) is 16.6. The Morgan fingerprint density at radius 1 is 1.04 bits per heavy atom. The largest absolute Gasteiger partial charge is 0.346 e. The van der Waals surface area contributed by atoms with E-state index in [9.17, 15) is 9.18 Å². The molecule has 126 valence electrons. The molecule has 0 radical (unpaired) electrons.